The van der Waals surface area contributed by atoms with E-state index >= 15 is 0 Å². The smallest absolute Gasteiger partial charge is 0.233 e. The third kappa shape index (κ3) is 3.13. The van der Waals surface area contributed by atoms with Crippen molar-refractivity contribution in [2.75, 3.05) is 11.9 Å². The van der Waals surface area contributed by atoms with E-state index in [2.05, 4.69) is 10.3 Å². The highest BCUT2D eigenvalue weighted by molar-refractivity contribution is 7.15. The quantitative estimate of drug-likeness (QED) is 0.661. The van der Waals surface area contributed by atoms with Crippen molar-refractivity contribution in [1.29, 1.82) is 0 Å². The lowest BCUT2D eigenvalue weighted by molar-refractivity contribution is -0.140. The molecule has 3 amide bonds. The Balaban J connectivity index is 1.33. The van der Waals surface area contributed by atoms with Gasteiger partial charge in [0.15, 0.2) is 5.13 Å². The summed E-state index contributed by atoms with van der Waals surface area (Å²) in [4.78, 5) is 44.0. The molecule has 1 aromatic heterocycles. The molecule has 1 saturated heterocycles. The van der Waals surface area contributed by atoms with E-state index in [1.807, 2.05) is 12.2 Å². The molecule has 1 N–H and O–H groups in total. The summed E-state index contributed by atoms with van der Waals surface area (Å²) in [6.45, 7) is 0.154. The van der Waals surface area contributed by atoms with Gasteiger partial charge in [0, 0.05) is 17.8 Å². The largest absolute Gasteiger partial charge is 0.302 e. The number of nitrogens with zero attached hydrogens (tertiary/aromatic N) is 2. The number of likely N-dealkylation sites (tertiary alicyclic amines) is 1. The number of aryl methyl sites for hydroxylation is 2. The number of hydrogen-bond donors (Lipinski definition) is 1. The maximum absolute atomic E-state index is 12.4. The van der Waals surface area contributed by atoms with Crippen molar-refractivity contribution in [1.82, 2.24) is 9.88 Å². The second-order valence-electron chi connectivity index (χ2n) is 6.88. The van der Waals surface area contributed by atoms with E-state index in [-0.39, 0.29) is 42.5 Å². The van der Waals surface area contributed by atoms with Gasteiger partial charge in [0.05, 0.1) is 17.5 Å². The van der Waals surface area contributed by atoms with Crippen LogP contribution < -0.4 is 5.32 Å². The molecule has 0 bridgehead atoms. The highest BCUT2D eigenvalue weighted by atomic mass is 32.1. The van der Waals surface area contributed by atoms with Gasteiger partial charge in [0.25, 0.3) is 0 Å². The second-order valence-corrected chi connectivity index (χ2v) is 7.96. The number of anilines is 1. The third-order valence-electron chi connectivity index (χ3n) is 5.25. The number of thiazole rings is 1. The average Bonchev–Trinajstić information content (AvgIpc) is 3.13. The Morgan fingerprint density at radius 1 is 1.16 bits per heavy atom. The normalized spacial score (nSPS) is 25.0. The van der Waals surface area contributed by atoms with E-state index in [4.69, 9.17) is 0 Å². The van der Waals surface area contributed by atoms with Crippen LogP contribution in [0.5, 0.6) is 0 Å². The van der Waals surface area contributed by atoms with Gasteiger partial charge in [-0.25, -0.2) is 4.98 Å². The molecule has 2 atom stereocenters. The molecular formula is C18H21N3O3S. The standard InChI is InChI=1S/C18H21N3O3S/c22-15(20-18-19-13-7-3-4-8-14(13)25-18)9-10-21-16(23)11-5-1-2-6-12(11)17(21)24/h1-2,11-12H,3-10H2,(H,19,20,22). The number of fused-ring (bicyclic) bond motifs is 2. The molecule has 132 valence electrons. The first-order valence-electron chi connectivity index (χ1n) is 8.92. The monoisotopic (exact) mass is 359 g/mol. The van der Waals surface area contributed by atoms with Crippen molar-refractivity contribution in [3.8, 4) is 0 Å². The van der Waals surface area contributed by atoms with Crippen LogP contribution in [0.25, 0.3) is 0 Å². The third-order valence-corrected chi connectivity index (χ3v) is 6.33. The number of aromatic nitrogens is 1. The van der Waals surface area contributed by atoms with Crippen LogP contribution in [0.3, 0.4) is 0 Å². The van der Waals surface area contributed by atoms with Gasteiger partial charge >= 0.3 is 0 Å². The topological polar surface area (TPSA) is 79.4 Å². The molecule has 0 radical (unpaired) electrons. The van der Waals surface area contributed by atoms with Gasteiger partial charge in [-0.2, -0.15) is 0 Å². The number of nitrogens with one attached hydrogen (secondary N) is 1. The lowest BCUT2D eigenvalue weighted by Gasteiger charge is -2.14. The summed E-state index contributed by atoms with van der Waals surface area (Å²) in [5, 5.41) is 3.46. The molecule has 4 rings (SSSR count). The van der Waals surface area contributed by atoms with Crippen LogP contribution >= 0.6 is 11.3 Å². The number of hydrogen-bond acceptors (Lipinski definition) is 5. The Morgan fingerprint density at radius 3 is 2.52 bits per heavy atom. The predicted octanol–water partition coefficient (Wildman–Crippen LogP) is 2.30. The first-order valence-corrected chi connectivity index (χ1v) is 9.74. The maximum atomic E-state index is 12.4. The maximum Gasteiger partial charge on any atom is 0.233 e. The highest BCUT2D eigenvalue weighted by Gasteiger charge is 2.46. The van der Waals surface area contributed by atoms with Crippen LogP contribution in [0, 0.1) is 11.8 Å². The van der Waals surface area contributed by atoms with Crippen LogP contribution in [0.1, 0.15) is 42.7 Å². The summed E-state index contributed by atoms with van der Waals surface area (Å²) < 4.78 is 0. The minimum atomic E-state index is -0.230. The molecule has 1 aliphatic heterocycles. The number of rotatable bonds is 4. The fourth-order valence-electron chi connectivity index (χ4n) is 3.89. The van der Waals surface area contributed by atoms with Crippen molar-refractivity contribution >= 4 is 34.2 Å². The van der Waals surface area contributed by atoms with E-state index in [0.29, 0.717) is 18.0 Å². The predicted molar refractivity (Wildman–Crippen MR) is 94.1 cm³/mol. The van der Waals surface area contributed by atoms with Crippen molar-refractivity contribution in [2.45, 2.75) is 44.9 Å². The summed E-state index contributed by atoms with van der Waals surface area (Å²) in [5.41, 5.74) is 1.10. The van der Waals surface area contributed by atoms with Gasteiger partial charge in [-0.1, -0.05) is 12.2 Å². The van der Waals surface area contributed by atoms with Crippen molar-refractivity contribution in [3.63, 3.8) is 0 Å². The van der Waals surface area contributed by atoms with Crippen molar-refractivity contribution in [2.24, 2.45) is 11.8 Å². The van der Waals surface area contributed by atoms with Crippen LogP contribution in [-0.2, 0) is 27.2 Å². The molecular weight excluding hydrogens is 338 g/mol. The minimum Gasteiger partial charge on any atom is -0.302 e. The zero-order valence-electron chi connectivity index (χ0n) is 14.0. The van der Waals surface area contributed by atoms with E-state index < -0.39 is 0 Å². The fourth-order valence-corrected chi connectivity index (χ4v) is 4.96. The molecule has 6 nitrogen and oxygen atoms in total. The summed E-state index contributed by atoms with van der Waals surface area (Å²) in [6.07, 6.45) is 9.66. The number of imide groups is 1. The highest BCUT2D eigenvalue weighted by Crippen LogP contribution is 2.35. The zero-order chi connectivity index (χ0) is 17.4. The van der Waals surface area contributed by atoms with Crippen LogP contribution in [0.4, 0.5) is 5.13 Å². The van der Waals surface area contributed by atoms with Gasteiger partial charge in [0.2, 0.25) is 17.7 Å². The van der Waals surface area contributed by atoms with E-state index in [9.17, 15) is 14.4 Å². The number of carbonyl (C=O) groups is 3. The van der Waals surface area contributed by atoms with Gasteiger partial charge < -0.3 is 5.32 Å². The summed E-state index contributed by atoms with van der Waals surface area (Å²) >= 11 is 1.54. The molecule has 7 heteroatoms. The molecule has 1 fully saturated rings. The summed E-state index contributed by atoms with van der Waals surface area (Å²) in [6, 6.07) is 0. The lowest BCUT2D eigenvalue weighted by atomic mass is 9.85. The molecule has 2 unspecified atom stereocenters. The zero-order valence-corrected chi connectivity index (χ0v) is 14.8. The molecule has 0 spiro atoms. The van der Waals surface area contributed by atoms with Crippen LogP contribution in [0.15, 0.2) is 12.2 Å². The average molecular weight is 359 g/mol. The molecule has 25 heavy (non-hydrogen) atoms. The van der Waals surface area contributed by atoms with Gasteiger partial charge in [-0.3, -0.25) is 19.3 Å². The fraction of sp³-hybridized carbons (Fsp3) is 0.556. The van der Waals surface area contributed by atoms with E-state index in [1.54, 1.807) is 11.3 Å². The first kappa shape index (κ1) is 16.4. The van der Waals surface area contributed by atoms with Crippen molar-refractivity contribution < 1.29 is 14.4 Å². The molecule has 3 aliphatic rings. The Bertz CT molecular complexity index is 705. The Hall–Kier alpha value is -2.02. The summed E-state index contributed by atoms with van der Waals surface area (Å²) in [7, 11) is 0. The number of carbonyl (C=O) groups excluding carboxylic acids is 3. The Kier molecular flexibility index (Phi) is 4.41. The van der Waals surface area contributed by atoms with Gasteiger partial charge in [0.1, 0.15) is 0 Å². The molecule has 2 heterocycles. The van der Waals surface area contributed by atoms with Crippen LogP contribution in [-0.4, -0.2) is 34.2 Å². The SMILES string of the molecule is O=C(CCN1C(=O)C2CC=CCC2C1=O)Nc1nc2c(s1)CCCC2. The summed E-state index contributed by atoms with van der Waals surface area (Å²) in [5.74, 6) is -0.911. The Labute approximate surface area is 150 Å². The minimum absolute atomic E-state index is 0.120. The molecule has 0 aromatic carbocycles. The van der Waals surface area contributed by atoms with Gasteiger partial charge in [-0.05, 0) is 38.5 Å². The van der Waals surface area contributed by atoms with Crippen LogP contribution in [0.2, 0.25) is 0 Å². The lowest BCUT2D eigenvalue weighted by Crippen LogP contribution is -2.34. The second kappa shape index (κ2) is 6.71. The first-order chi connectivity index (χ1) is 12.1. The molecule has 2 aliphatic carbocycles. The molecule has 0 saturated carbocycles. The number of amides is 3. The van der Waals surface area contributed by atoms with Gasteiger partial charge in [-0.15, -0.1) is 11.3 Å². The molecule has 1 aromatic rings. The number of allylic oxidation sites excluding steroid dienone is 2. The van der Waals surface area contributed by atoms with Crippen molar-refractivity contribution in [3.05, 3.63) is 22.7 Å². The van der Waals surface area contributed by atoms with E-state index in [0.717, 1.165) is 25.0 Å². The Morgan fingerprint density at radius 2 is 1.84 bits per heavy atom. The van der Waals surface area contributed by atoms with E-state index in [1.165, 1.54) is 16.2 Å².